The van der Waals surface area contributed by atoms with Crippen LogP contribution in [0.25, 0.3) is 0 Å². The van der Waals surface area contributed by atoms with Gasteiger partial charge in [-0.25, -0.2) is 0 Å². The molecule has 2 heterocycles. The van der Waals surface area contributed by atoms with E-state index in [4.69, 9.17) is 9.57 Å². The summed E-state index contributed by atoms with van der Waals surface area (Å²) in [5.41, 5.74) is 1.61. The first-order valence-corrected chi connectivity index (χ1v) is 5.08. The van der Waals surface area contributed by atoms with Gasteiger partial charge in [0, 0.05) is 5.92 Å². The van der Waals surface area contributed by atoms with E-state index in [1.54, 1.807) is 0 Å². The Hall–Kier alpha value is -0.570. The Labute approximate surface area is 78.1 Å². The molecule has 0 aromatic rings. The first-order valence-electron chi connectivity index (χ1n) is 5.08. The van der Waals surface area contributed by atoms with Crippen LogP contribution < -0.4 is 0 Å². The molecule has 0 N–H and O–H groups in total. The van der Waals surface area contributed by atoms with Gasteiger partial charge in [-0.1, -0.05) is 12.1 Å². The molecule has 0 radical (unpaired) electrons. The largest absolute Gasteiger partial charge is 0.395 e. The molecule has 72 valence electrons. The number of hydrogen-bond donors (Lipinski definition) is 0. The zero-order valence-electron chi connectivity index (χ0n) is 7.95. The van der Waals surface area contributed by atoms with Crippen molar-refractivity contribution < 1.29 is 9.57 Å². The van der Waals surface area contributed by atoms with Crippen LogP contribution in [0.4, 0.5) is 0 Å². The maximum Gasteiger partial charge on any atom is 0.125 e. The minimum atomic E-state index is 0.457. The SMILES string of the molecule is CC1(C2CC3CON=C3CO2)CC1. The molecular weight excluding hydrogens is 166 g/mol. The smallest absolute Gasteiger partial charge is 0.125 e. The number of rotatable bonds is 1. The summed E-state index contributed by atoms with van der Waals surface area (Å²) < 4.78 is 5.81. The highest BCUT2D eigenvalue weighted by molar-refractivity contribution is 5.89. The average molecular weight is 181 g/mol. The molecule has 2 aliphatic heterocycles. The first-order chi connectivity index (χ1) is 6.28. The monoisotopic (exact) mass is 181 g/mol. The van der Waals surface area contributed by atoms with E-state index in [2.05, 4.69) is 12.1 Å². The maximum atomic E-state index is 5.81. The third-order valence-corrected chi connectivity index (χ3v) is 3.68. The fraction of sp³-hybridized carbons (Fsp3) is 0.900. The van der Waals surface area contributed by atoms with Crippen LogP contribution in [-0.2, 0) is 9.57 Å². The number of fused-ring (bicyclic) bond motifs is 1. The summed E-state index contributed by atoms with van der Waals surface area (Å²) >= 11 is 0. The van der Waals surface area contributed by atoms with Gasteiger partial charge in [-0.05, 0) is 24.7 Å². The summed E-state index contributed by atoms with van der Waals surface area (Å²) in [6, 6.07) is 0. The lowest BCUT2D eigenvalue weighted by atomic mass is 9.87. The van der Waals surface area contributed by atoms with Crippen LogP contribution >= 0.6 is 0 Å². The van der Waals surface area contributed by atoms with E-state index in [0.717, 1.165) is 18.7 Å². The molecule has 1 saturated carbocycles. The molecule has 2 fully saturated rings. The molecule has 3 nitrogen and oxygen atoms in total. The molecule has 13 heavy (non-hydrogen) atoms. The van der Waals surface area contributed by atoms with Crippen LogP contribution in [0.15, 0.2) is 5.16 Å². The van der Waals surface area contributed by atoms with Gasteiger partial charge in [-0.2, -0.15) is 0 Å². The summed E-state index contributed by atoms with van der Waals surface area (Å²) in [6.07, 6.45) is 4.24. The zero-order chi connectivity index (χ0) is 8.89. The number of hydrogen-bond acceptors (Lipinski definition) is 3. The van der Waals surface area contributed by atoms with Crippen molar-refractivity contribution in [1.29, 1.82) is 0 Å². The van der Waals surface area contributed by atoms with E-state index in [-0.39, 0.29) is 0 Å². The fourth-order valence-corrected chi connectivity index (χ4v) is 2.25. The summed E-state index contributed by atoms with van der Waals surface area (Å²) in [7, 11) is 0. The Bertz CT molecular complexity index is 258. The van der Waals surface area contributed by atoms with Gasteiger partial charge in [0.2, 0.25) is 0 Å². The normalized spacial score (nSPS) is 40.5. The average Bonchev–Trinajstić information content (AvgIpc) is 2.74. The van der Waals surface area contributed by atoms with Gasteiger partial charge in [-0.3, -0.25) is 0 Å². The molecule has 1 aliphatic carbocycles. The van der Waals surface area contributed by atoms with Gasteiger partial charge in [-0.15, -0.1) is 0 Å². The Balaban J connectivity index is 1.72. The second-order valence-corrected chi connectivity index (χ2v) is 4.76. The third kappa shape index (κ3) is 1.17. The molecule has 2 unspecified atom stereocenters. The fourth-order valence-electron chi connectivity index (χ4n) is 2.25. The van der Waals surface area contributed by atoms with Crippen LogP contribution in [0, 0.1) is 11.3 Å². The van der Waals surface area contributed by atoms with Gasteiger partial charge in [0.25, 0.3) is 0 Å². The van der Waals surface area contributed by atoms with Crippen LogP contribution in [-0.4, -0.2) is 25.0 Å². The third-order valence-electron chi connectivity index (χ3n) is 3.68. The maximum absolute atomic E-state index is 5.81. The van der Waals surface area contributed by atoms with Crippen molar-refractivity contribution in [1.82, 2.24) is 0 Å². The van der Waals surface area contributed by atoms with E-state index in [9.17, 15) is 0 Å². The molecule has 0 aromatic carbocycles. The summed E-state index contributed by atoms with van der Waals surface area (Å²) in [5.74, 6) is 0.552. The van der Waals surface area contributed by atoms with Crippen molar-refractivity contribution in [2.45, 2.75) is 32.3 Å². The Morgan fingerprint density at radius 2 is 2.31 bits per heavy atom. The molecule has 0 spiro atoms. The summed E-state index contributed by atoms with van der Waals surface area (Å²) in [5, 5.41) is 3.99. The lowest BCUT2D eigenvalue weighted by Crippen LogP contribution is -2.37. The predicted molar refractivity (Wildman–Crippen MR) is 48.6 cm³/mol. The molecular formula is C10H15NO2. The Morgan fingerprint density at radius 3 is 3.08 bits per heavy atom. The van der Waals surface area contributed by atoms with Crippen molar-refractivity contribution in [3.05, 3.63) is 0 Å². The van der Waals surface area contributed by atoms with Gasteiger partial charge < -0.3 is 9.57 Å². The second-order valence-electron chi connectivity index (χ2n) is 4.76. The summed E-state index contributed by atoms with van der Waals surface area (Å²) in [6.45, 7) is 3.81. The molecule has 3 aliphatic rings. The molecule has 1 saturated heterocycles. The van der Waals surface area contributed by atoms with Gasteiger partial charge >= 0.3 is 0 Å². The molecule has 0 bridgehead atoms. The minimum absolute atomic E-state index is 0.457. The first kappa shape index (κ1) is 7.80. The van der Waals surface area contributed by atoms with E-state index in [0.29, 0.717) is 24.0 Å². The highest BCUT2D eigenvalue weighted by atomic mass is 16.6. The zero-order valence-corrected chi connectivity index (χ0v) is 7.95. The van der Waals surface area contributed by atoms with Crippen molar-refractivity contribution in [2.24, 2.45) is 16.5 Å². The lowest BCUT2D eigenvalue weighted by Gasteiger charge is -2.30. The topological polar surface area (TPSA) is 30.8 Å². The Kier molecular flexibility index (Phi) is 1.48. The Morgan fingerprint density at radius 1 is 1.46 bits per heavy atom. The van der Waals surface area contributed by atoms with Crippen molar-refractivity contribution in [3.8, 4) is 0 Å². The molecule has 0 amide bonds. The number of nitrogens with zero attached hydrogens (tertiary/aromatic N) is 1. The second kappa shape index (κ2) is 2.47. The highest BCUT2D eigenvalue weighted by Gasteiger charge is 2.49. The summed E-state index contributed by atoms with van der Waals surface area (Å²) in [4.78, 5) is 5.08. The number of oxime groups is 1. The van der Waals surface area contributed by atoms with Crippen LogP contribution in [0.3, 0.4) is 0 Å². The standard InChI is InChI=1S/C10H15NO2/c1-10(2-3-10)9-4-7-5-13-11-8(7)6-12-9/h7,9H,2-6H2,1H3. The quantitative estimate of drug-likeness (QED) is 0.615. The van der Waals surface area contributed by atoms with Crippen molar-refractivity contribution in [3.63, 3.8) is 0 Å². The minimum Gasteiger partial charge on any atom is -0.395 e. The van der Waals surface area contributed by atoms with Crippen LogP contribution in [0.5, 0.6) is 0 Å². The molecule has 3 rings (SSSR count). The van der Waals surface area contributed by atoms with Gasteiger partial charge in [0.05, 0.1) is 18.4 Å². The van der Waals surface area contributed by atoms with Crippen LogP contribution in [0.1, 0.15) is 26.2 Å². The van der Waals surface area contributed by atoms with E-state index >= 15 is 0 Å². The molecule has 2 atom stereocenters. The van der Waals surface area contributed by atoms with E-state index in [1.165, 1.54) is 12.8 Å². The van der Waals surface area contributed by atoms with Crippen molar-refractivity contribution in [2.75, 3.05) is 13.2 Å². The predicted octanol–water partition coefficient (Wildman–Crippen LogP) is 1.58. The lowest BCUT2D eigenvalue weighted by molar-refractivity contribution is -0.000422. The molecule has 3 heteroatoms. The van der Waals surface area contributed by atoms with Gasteiger partial charge in [0.1, 0.15) is 6.61 Å². The molecule has 0 aromatic heterocycles. The highest BCUT2D eigenvalue weighted by Crippen LogP contribution is 2.52. The van der Waals surface area contributed by atoms with Crippen LogP contribution in [0.2, 0.25) is 0 Å². The number of ether oxygens (including phenoxy) is 1. The van der Waals surface area contributed by atoms with Crippen molar-refractivity contribution >= 4 is 5.71 Å². The van der Waals surface area contributed by atoms with E-state index in [1.807, 2.05) is 0 Å². The van der Waals surface area contributed by atoms with Gasteiger partial charge in [0.15, 0.2) is 0 Å². The van der Waals surface area contributed by atoms with E-state index < -0.39 is 0 Å².